The topological polar surface area (TPSA) is 95.5 Å². The highest BCUT2D eigenvalue weighted by atomic mass is 32.1. The van der Waals surface area contributed by atoms with Crippen LogP contribution in [0.5, 0.6) is 0 Å². The quantitative estimate of drug-likeness (QED) is 0.571. The van der Waals surface area contributed by atoms with Crippen LogP contribution in [0.1, 0.15) is 39.6 Å². The largest absolute Gasteiger partial charge is 0.389 e. The van der Waals surface area contributed by atoms with E-state index in [-0.39, 0.29) is 49.4 Å². The molecule has 142 valence electrons. The van der Waals surface area contributed by atoms with E-state index in [2.05, 4.69) is 10.6 Å². The second-order valence-corrected chi connectivity index (χ2v) is 7.51. The average molecular weight is 386 g/mol. The molecule has 2 amide bonds. The summed E-state index contributed by atoms with van der Waals surface area (Å²) in [6, 6.07) is 11.3. The number of nitrogens with one attached hydrogen (secondary N) is 2. The molecule has 1 aromatic carbocycles. The summed E-state index contributed by atoms with van der Waals surface area (Å²) in [5.41, 5.74) is 2.22. The number of hydrogen-bond donors (Lipinski definition) is 3. The van der Waals surface area contributed by atoms with E-state index in [9.17, 15) is 19.5 Å². The lowest BCUT2D eigenvalue weighted by Gasteiger charge is -2.29. The minimum atomic E-state index is -0.874. The fourth-order valence-electron chi connectivity index (χ4n) is 3.01. The van der Waals surface area contributed by atoms with E-state index in [0.717, 1.165) is 5.56 Å². The summed E-state index contributed by atoms with van der Waals surface area (Å²) in [6.07, 6.45) is 0.0587. The highest BCUT2D eigenvalue weighted by Gasteiger charge is 2.31. The van der Waals surface area contributed by atoms with Crippen LogP contribution in [-0.2, 0) is 16.0 Å². The number of thiophene rings is 1. The van der Waals surface area contributed by atoms with Gasteiger partial charge in [-0.25, -0.2) is 0 Å². The summed E-state index contributed by atoms with van der Waals surface area (Å²) in [5, 5.41) is 17.1. The van der Waals surface area contributed by atoms with Gasteiger partial charge in [-0.2, -0.15) is 0 Å². The third kappa shape index (κ3) is 5.02. The monoisotopic (exact) mass is 386 g/mol. The van der Waals surface area contributed by atoms with Crippen molar-refractivity contribution in [3.05, 3.63) is 57.8 Å². The van der Waals surface area contributed by atoms with Gasteiger partial charge in [-0.3, -0.25) is 14.4 Å². The van der Waals surface area contributed by atoms with Crippen molar-refractivity contribution in [3.8, 4) is 0 Å². The lowest BCUT2D eigenvalue weighted by atomic mass is 9.77. The first-order valence-corrected chi connectivity index (χ1v) is 9.79. The molecule has 0 radical (unpaired) electrons. The zero-order chi connectivity index (χ0) is 19.2. The van der Waals surface area contributed by atoms with Crippen molar-refractivity contribution in [1.29, 1.82) is 0 Å². The van der Waals surface area contributed by atoms with Crippen LogP contribution in [0, 0.1) is 0 Å². The number of benzene rings is 1. The van der Waals surface area contributed by atoms with Crippen LogP contribution >= 0.6 is 11.3 Å². The molecular weight excluding hydrogens is 364 g/mol. The Bertz CT molecular complexity index is 819. The Balaban J connectivity index is 1.31. The van der Waals surface area contributed by atoms with Crippen LogP contribution in [0.3, 0.4) is 0 Å². The van der Waals surface area contributed by atoms with Gasteiger partial charge in [0.15, 0.2) is 5.78 Å². The highest BCUT2D eigenvalue weighted by Crippen LogP contribution is 2.34. The number of fused-ring (bicyclic) bond motifs is 1. The van der Waals surface area contributed by atoms with E-state index >= 15 is 0 Å². The molecule has 1 aliphatic rings. The molecule has 2 aromatic rings. The fraction of sp³-hybridized carbons (Fsp3) is 0.350. The van der Waals surface area contributed by atoms with Crippen molar-refractivity contribution in [3.63, 3.8) is 0 Å². The lowest BCUT2D eigenvalue weighted by Crippen LogP contribution is -2.43. The zero-order valence-corrected chi connectivity index (χ0v) is 15.6. The first kappa shape index (κ1) is 19.3. The maximum atomic E-state index is 12.2. The Labute approximate surface area is 161 Å². The van der Waals surface area contributed by atoms with E-state index < -0.39 is 6.10 Å². The molecule has 0 saturated heterocycles. The Kier molecular flexibility index (Phi) is 6.36. The van der Waals surface area contributed by atoms with Gasteiger partial charge < -0.3 is 15.7 Å². The number of rotatable bonds is 9. The van der Waals surface area contributed by atoms with Crippen LogP contribution in [0.15, 0.2) is 41.8 Å². The smallest absolute Gasteiger partial charge is 0.227 e. The second-order valence-electron chi connectivity index (χ2n) is 6.56. The normalized spacial score (nSPS) is 16.0. The number of Topliss-reactive ketones (excluding diaryl/α,β-unsaturated/α-hetero) is 1. The van der Waals surface area contributed by atoms with Gasteiger partial charge in [0.1, 0.15) is 0 Å². The summed E-state index contributed by atoms with van der Waals surface area (Å²) in [6.45, 7) is 0.111. The second kappa shape index (κ2) is 8.92. The highest BCUT2D eigenvalue weighted by molar-refractivity contribution is 7.12. The Hall–Kier alpha value is -2.51. The molecule has 6 nitrogen and oxygen atoms in total. The number of amides is 2. The summed E-state index contributed by atoms with van der Waals surface area (Å²) in [7, 11) is 0. The number of ketones is 1. The van der Waals surface area contributed by atoms with Crippen molar-refractivity contribution in [2.45, 2.75) is 31.3 Å². The molecule has 7 heteroatoms. The molecule has 0 bridgehead atoms. The van der Waals surface area contributed by atoms with Crippen LogP contribution in [0.2, 0.25) is 0 Å². The molecule has 0 spiro atoms. The Morgan fingerprint density at radius 3 is 2.59 bits per heavy atom. The fourth-order valence-corrected chi connectivity index (χ4v) is 3.71. The van der Waals surface area contributed by atoms with Crippen molar-refractivity contribution < 1.29 is 19.5 Å². The van der Waals surface area contributed by atoms with Crippen LogP contribution in [0.25, 0.3) is 0 Å². The summed E-state index contributed by atoms with van der Waals surface area (Å²) in [4.78, 5) is 36.5. The molecule has 1 aliphatic carbocycles. The van der Waals surface area contributed by atoms with Gasteiger partial charge in [-0.05, 0) is 29.0 Å². The molecule has 3 rings (SSSR count). The minimum absolute atomic E-state index is 0.0353. The standard InChI is InChI=1S/C20H22N2O4S/c23-14(11-21-19(25)8-7-17(24)18-6-3-9-27-18)12-22-20(26)16-10-13-4-1-2-5-15(13)16/h1-6,9,14,16,23H,7-8,10-12H2,(H,21,25)(H,22,26). The van der Waals surface area contributed by atoms with Gasteiger partial charge in [-0.1, -0.05) is 30.3 Å². The van der Waals surface area contributed by atoms with E-state index in [4.69, 9.17) is 0 Å². The van der Waals surface area contributed by atoms with E-state index in [1.807, 2.05) is 29.6 Å². The Morgan fingerprint density at radius 1 is 1.07 bits per heavy atom. The predicted octanol–water partition coefficient (Wildman–Crippen LogP) is 1.64. The summed E-state index contributed by atoms with van der Waals surface area (Å²) in [5.74, 6) is -0.626. The van der Waals surface area contributed by atoms with E-state index in [1.165, 1.54) is 16.9 Å². The van der Waals surface area contributed by atoms with Gasteiger partial charge in [0.2, 0.25) is 11.8 Å². The summed E-state index contributed by atoms with van der Waals surface area (Å²) < 4.78 is 0. The molecule has 0 fully saturated rings. The van der Waals surface area contributed by atoms with E-state index in [1.54, 1.807) is 12.1 Å². The number of carbonyl (C=O) groups is 3. The van der Waals surface area contributed by atoms with Gasteiger partial charge in [0.05, 0.1) is 16.9 Å². The van der Waals surface area contributed by atoms with Gasteiger partial charge in [-0.15, -0.1) is 11.3 Å². The zero-order valence-electron chi connectivity index (χ0n) is 14.8. The lowest BCUT2D eigenvalue weighted by molar-refractivity contribution is -0.123. The van der Waals surface area contributed by atoms with Crippen LogP contribution < -0.4 is 10.6 Å². The first-order valence-electron chi connectivity index (χ1n) is 8.91. The number of aliphatic hydroxyl groups is 1. The maximum Gasteiger partial charge on any atom is 0.227 e. The Morgan fingerprint density at radius 2 is 1.85 bits per heavy atom. The average Bonchev–Trinajstić information content (AvgIpc) is 3.18. The molecular formula is C20H22N2O4S. The molecule has 0 saturated carbocycles. The predicted molar refractivity (Wildman–Crippen MR) is 103 cm³/mol. The van der Waals surface area contributed by atoms with Crippen molar-refractivity contribution in [1.82, 2.24) is 10.6 Å². The number of aliphatic hydroxyl groups excluding tert-OH is 1. The third-order valence-corrected chi connectivity index (χ3v) is 5.50. The summed E-state index contributed by atoms with van der Waals surface area (Å²) >= 11 is 1.35. The molecule has 1 aromatic heterocycles. The van der Waals surface area contributed by atoms with Gasteiger partial charge in [0, 0.05) is 25.9 Å². The molecule has 0 aliphatic heterocycles. The molecule has 3 N–H and O–H groups in total. The van der Waals surface area contributed by atoms with Crippen molar-refractivity contribution in [2.24, 2.45) is 0 Å². The van der Waals surface area contributed by atoms with Crippen molar-refractivity contribution in [2.75, 3.05) is 13.1 Å². The number of carbonyl (C=O) groups excluding carboxylic acids is 3. The minimum Gasteiger partial charge on any atom is -0.389 e. The number of hydrogen-bond acceptors (Lipinski definition) is 5. The van der Waals surface area contributed by atoms with Gasteiger partial charge in [0.25, 0.3) is 0 Å². The molecule has 2 unspecified atom stereocenters. The maximum absolute atomic E-state index is 12.2. The molecule has 2 atom stereocenters. The third-order valence-electron chi connectivity index (χ3n) is 4.59. The molecule has 1 heterocycles. The van der Waals surface area contributed by atoms with E-state index in [0.29, 0.717) is 11.3 Å². The van der Waals surface area contributed by atoms with Crippen LogP contribution in [-0.4, -0.2) is 41.9 Å². The molecule has 27 heavy (non-hydrogen) atoms. The SMILES string of the molecule is O=C(CCC(=O)c1cccs1)NCC(O)CNC(=O)C1Cc2ccccc21. The van der Waals surface area contributed by atoms with Crippen LogP contribution in [0.4, 0.5) is 0 Å². The van der Waals surface area contributed by atoms with Crippen molar-refractivity contribution >= 4 is 28.9 Å². The van der Waals surface area contributed by atoms with Gasteiger partial charge >= 0.3 is 0 Å². The first-order chi connectivity index (χ1) is 13.0.